The molecule has 1 aromatic rings. The molecule has 0 aromatic carbocycles. The van der Waals surface area contributed by atoms with Crippen LogP contribution < -0.4 is 17.1 Å². The summed E-state index contributed by atoms with van der Waals surface area (Å²) in [5.74, 6) is 5.30. The zero-order chi connectivity index (χ0) is 10.0. The molecule has 0 bridgehead atoms. The van der Waals surface area contributed by atoms with Crippen molar-refractivity contribution in [3.05, 3.63) is 32.6 Å². The van der Waals surface area contributed by atoms with Gasteiger partial charge in [-0.2, -0.15) is 0 Å². The Kier molecular flexibility index (Phi) is 2.50. The molecule has 1 rings (SSSR count). The smallest absolute Gasteiger partial charge is 0.335 e. The third-order valence-corrected chi connectivity index (χ3v) is 1.72. The van der Waals surface area contributed by atoms with Crippen molar-refractivity contribution in [2.24, 2.45) is 0 Å². The molecule has 0 aliphatic carbocycles. The van der Waals surface area contributed by atoms with Gasteiger partial charge in [0.15, 0.2) is 0 Å². The first-order valence-electron chi connectivity index (χ1n) is 3.72. The molecule has 0 aliphatic heterocycles. The summed E-state index contributed by atoms with van der Waals surface area (Å²) in [7, 11) is 0. The minimum atomic E-state index is -0.766. The van der Waals surface area contributed by atoms with Crippen molar-refractivity contribution in [2.75, 3.05) is 12.5 Å². The highest BCUT2D eigenvalue weighted by atomic mass is 19.1. The zero-order valence-electron chi connectivity index (χ0n) is 7.16. The summed E-state index contributed by atoms with van der Waals surface area (Å²) in [5, 5.41) is 0. The number of nitrogens with two attached hydrogens (primary N) is 1. The molecular weight excluding hydrogens is 177 g/mol. The number of nitrogens with zero attached hydrogens (tertiary/aromatic N) is 2. The van der Waals surface area contributed by atoms with Gasteiger partial charge < -0.3 is 5.84 Å². The van der Waals surface area contributed by atoms with E-state index in [0.717, 1.165) is 9.24 Å². The number of alkyl halides is 1. The highest BCUT2D eigenvalue weighted by Gasteiger charge is 2.05. The molecule has 0 atom stereocenters. The molecule has 0 aliphatic rings. The molecule has 0 spiro atoms. The summed E-state index contributed by atoms with van der Waals surface area (Å²) >= 11 is 0. The summed E-state index contributed by atoms with van der Waals surface area (Å²) in [6, 6.07) is 1.19. The Bertz CT molecular complexity index is 421. The summed E-state index contributed by atoms with van der Waals surface area (Å²) in [5.41, 5.74) is -0.866. The largest absolute Gasteiger partial charge is 0.349 e. The van der Waals surface area contributed by atoms with Crippen molar-refractivity contribution in [2.45, 2.75) is 13.5 Å². The lowest BCUT2D eigenvalue weighted by Gasteiger charge is -2.06. The Balaban J connectivity index is 3.45. The molecule has 6 heteroatoms. The highest BCUT2D eigenvalue weighted by molar-refractivity contribution is 4.99. The summed E-state index contributed by atoms with van der Waals surface area (Å²) in [4.78, 5) is 22.4. The SMILES string of the molecule is Cc1cc(=O)n(CCF)c(=O)n1N. The first kappa shape index (κ1) is 9.50. The van der Waals surface area contributed by atoms with Crippen LogP contribution in [-0.2, 0) is 6.54 Å². The lowest BCUT2D eigenvalue weighted by atomic mass is 10.4. The van der Waals surface area contributed by atoms with Gasteiger partial charge in [-0.15, -0.1) is 0 Å². The second kappa shape index (κ2) is 3.42. The van der Waals surface area contributed by atoms with Crippen LogP contribution in [0.4, 0.5) is 4.39 Å². The Hall–Kier alpha value is -1.59. The van der Waals surface area contributed by atoms with Crippen molar-refractivity contribution in [1.82, 2.24) is 9.24 Å². The van der Waals surface area contributed by atoms with Crippen LogP contribution >= 0.6 is 0 Å². The summed E-state index contributed by atoms with van der Waals surface area (Å²) < 4.78 is 13.5. The van der Waals surface area contributed by atoms with Crippen LogP contribution in [0.25, 0.3) is 0 Å². The fraction of sp³-hybridized carbons (Fsp3) is 0.429. The predicted molar refractivity (Wildman–Crippen MR) is 45.8 cm³/mol. The fourth-order valence-corrected chi connectivity index (χ4v) is 0.992. The standard InChI is InChI=1S/C7H10FN3O2/c1-5-4-6(12)10(3-2-8)7(13)11(5)9/h4H,2-3,9H2,1H3. The molecule has 0 amide bonds. The first-order valence-corrected chi connectivity index (χ1v) is 3.72. The van der Waals surface area contributed by atoms with Crippen LogP contribution in [0.3, 0.4) is 0 Å². The van der Waals surface area contributed by atoms with Crippen LogP contribution in [0.5, 0.6) is 0 Å². The summed E-state index contributed by atoms with van der Waals surface area (Å²) in [6.45, 7) is 0.510. The van der Waals surface area contributed by atoms with Gasteiger partial charge in [-0.25, -0.2) is 13.9 Å². The molecule has 0 saturated heterocycles. The van der Waals surface area contributed by atoms with Gasteiger partial charge in [0.25, 0.3) is 5.56 Å². The third-order valence-electron chi connectivity index (χ3n) is 1.72. The second-order valence-electron chi connectivity index (χ2n) is 2.62. The predicted octanol–water partition coefficient (Wildman–Crippen LogP) is -0.998. The van der Waals surface area contributed by atoms with E-state index in [2.05, 4.69) is 0 Å². The van der Waals surface area contributed by atoms with E-state index in [4.69, 9.17) is 5.84 Å². The van der Waals surface area contributed by atoms with Crippen molar-refractivity contribution in [3.63, 3.8) is 0 Å². The van der Waals surface area contributed by atoms with E-state index in [-0.39, 0.29) is 6.54 Å². The Morgan fingerprint density at radius 2 is 2.15 bits per heavy atom. The quantitative estimate of drug-likeness (QED) is 0.604. The van der Waals surface area contributed by atoms with E-state index < -0.39 is 17.9 Å². The molecule has 0 fully saturated rings. The monoisotopic (exact) mass is 187 g/mol. The van der Waals surface area contributed by atoms with Crippen molar-refractivity contribution in [3.8, 4) is 0 Å². The molecular formula is C7H10FN3O2. The molecule has 0 radical (unpaired) electrons. The maximum atomic E-state index is 11.9. The topological polar surface area (TPSA) is 70.0 Å². The van der Waals surface area contributed by atoms with Gasteiger partial charge in [0, 0.05) is 11.8 Å². The number of rotatable bonds is 2. The molecule has 2 N–H and O–H groups in total. The number of aryl methyl sites for hydroxylation is 1. The number of aromatic nitrogens is 2. The van der Waals surface area contributed by atoms with Gasteiger partial charge in [0.1, 0.15) is 6.67 Å². The minimum absolute atomic E-state index is 0.255. The number of nitrogen functional groups attached to an aromatic ring is 1. The third kappa shape index (κ3) is 1.61. The van der Waals surface area contributed by atoms with Crippen LogP contribution in [-0.4, -0.2) is 15.9 Å². The zero-order valence-corrected chi connectivity index (χ0v) is 7.16. The second-order valence-corrected chi connectivity index (χ2v) is 2.62. The molecule has 13 heavy (non-hydrogen) atoms. The number of hydrogen-bond acceptors (Lipinski definition) is 3. The highest BCUT2D eigenvalue weighted by Crippen LogP contribution is 1.83. The van der Waals surface area contributed by atoms with Gasteiger partial charge in [-0.05, 0) is 6.92 Å². The fourth-order valence-electron chi connectivity index (χ4n) is 0.992. The van der Waals surface area contributed by atoms with Gasteiger partial charge in [0.05, 0.1) is 6.54 Å². The van der Waals surface area contributed by atoms with Crippen LogP contribution in [0.15, 0.2) is 15.7 Å². The Morgan fingerprint density at radius 3 is 2.69 bits per heavy atom. The van der Waals surface area contributed by atoms with E-state index in [9.17, 15) is 14.0 Å². The Morgan fingerprint density at radius 1 is 1.54 bits per heavy atom. The van der Waals surface area contributed by atoms with E-state index >= 15 is 0 Å². The van der Waals surface area contributed by atoms with Gasteiger partial charge in [0.2, 0.25) is 0 Å². The van der Waals surface area contributed by atoms with E-state index in [1.807, 2.05) is 0 Å². The van der Waals surface area contributed by atoms with Gasteiger partial charge in [-0.3, -0.25) is 9.36 Å². The molecule has 0 saturated carbocycles. The normalized spacial score (nSPS) is 10.3. The number of halogens is 1. The molecule has 1 heterocycles. The van der Waals surface area contributed by atoms with Crippen molar-refractivity contribution < 1.29 is 4.39 Å². The Labute approximate surface area is 73.2 Å². The first-order chi connectivity index (χ1) is 6.07. The molecule has 72 valence electrons. The average Bonchev–Trinajstić information content (AvgIpc) is 2.09. The molecule has 5 nitrogen and oxygen atoms in total. The van der Waals surface area contributed by atoms with Crippen LogP contribution in [0.1, 0.15) is 5.69 Å². The maximum Gasteiger partial charge on any atom is 0.349 e. The maximum absolute atomic E-state index is 11.9. The average molecular weight is 187 g/mol. The van der Waals surface area contributed by atoms with E-state index in [0.29, 0.717) is 5.69 Å². The number of hydrogen-bond donors (Lipinski definition) is 1. The lowest BCUT2D eigenvalue weighted by molar-refractivity contribution is 0.427. The molecule has 1 aromatic heterocycles. The van der Waals surface area contributed by atoms with Crippen LogP contribution in [0, 0.1) is 6.92 Å². The van der Waals surface area contributed by atoms with E-state index in [1.54, 1.807) is 0 Å². The van der Waals surface area contributed by atoms with Crippen molar-refractivity contribution in [1.29, 1.82) is 0 Å². The van der Waals surface area contributed by atoms with Crippen LogP contribution in [0.2, 0.25) is 0 Å². The van der Waals surface area contributed by atoms with Gasteiger partial charge >= 0.3 is 5.69 Å². The summed E-state index contributed by atoms with van der Waals surface area (Å²) in [6.07, 6.45) is 0. The van der Waals surface area contributed by atoms with E-state index in [1.165, 1.54) is 13.0 Å². The van der Waals surface area contributed by atoms with Gasteiger partial charge in [-0.1, -0.05) is 0 Å². The molecule has 0 unspecified atom stereocenters. The lowest BCUT2D eigenvalue weighted by Crippen LogP contribution is -2.43. The van der Waals surface area contributed by atoms with Crippen molar-refractivity contribution >= 4 is 0 Å². The minimum Gasteiger partial charge on any atom is -0.335 e.